The number of benzene rings is 1. The number of hydrogen-bond acceptors (Lipinski definition) is 4. The van der Waals surface area contributed by atoms with E-state index in [0.29, 0.717) is 5.69 Å². The van der Waals surface area contributed by atoms with E-state index in [2.05, 4.69) is 4.98 Å². The molecule has 0 spiro atoms. The molecule has 0 saturated heterocycles. The predicted molar refractivity (Wildman–Crippen MR) is 74.3 cm³/mol. The fraction of sp³-hybridized carbons (Fsp3) is 0.133. The van der Waals surface area contributed by atoms with Crippen LogP contribution in [0.4, 0.5) is 5.69 Å². The Kier molecular flexibility index (Phi) is 3.06. The lowest BCUT2D eigenvalue weighted by molar-refractivity contribution is -0.138. The first-order chi connectivity index (χ1) is 10.1. The Morgan fingerprint density at radius 3 is 2.71 bits per heavy atom. The van der Waals surface area contributed by atoms with Gasteiger partial charge in [0.2, 0.25) is 0 Å². The van der Waals surface area contributed by atoms with Crippen molar-refractivity contribution in [1.29, 1.82) is 0 Å². The van der Waals surface area contributed by atoms with Gasteiger partial charge in [-0.25, -0.2) is 4.79 Å². The minimum absolute atomic E-state index is 0.0351. The van der Waals surface area contributed by atoms with E-state index in [1.807, 2.05) is 0 Å². The Hall–Kier alpha value is -2.89. The van der Waals surface area contributed by atoms with Crippen molar-refractivity contribution in [3.63, 3.8) is 0 Å². The second-order valence-corrected chi connectivity index (χ2v) is 4.75. The number of hydrogen-bond donors (Lipinski definition) is 2. The fourth-order valence-corrected chi connectivity index (χ4v) is 2.53. The van der Waals surface area contributed by atoms with Crippen molar-refractivity contribution in [3.05, 3.63) is 53.9 Å². The van der Waals surface area contributed by atoms with Gasteiger partial charge in [0.25, 0.3) is 5.91 Å². The van der Waals surface area contributed by atoms with Gasteiger partial charge in [-0.2, -0.15) is 0 Å². The molecule has 1 aromatic heterocycles. The molecule has 106 valence electrons. The van der Waals surface area contributed by atoms with Crippen molar-refractivity contribution in [2.45, 2.75) is 12.5 Å². The highest BCUT2D eigenvalue weighted by molar-refractivity contribution is 6.12. The molecule has 2 aromatic rings. The second-order valence-electron chi connectivity index (χ2n) is 4.75. The standard InChI is InChI=1S/C15H12N2O4/c18-13-8-16-6-5-10(13)14(19)17-11-4-2-1-3-9(11)7-12(17)15(20)21/h1-6,8,12,18H,7H2,(H,20,21)/t12-/m0/s1. The zero-order valence-corrected chi connectivity index (χ0v) is 10.9. The smallest absolute Gasteiger partial charge is 0.327 e. The lowest BCUT2D eigenvalue weighted by Gasteiger charge is -2.22. The minimum atomic E-state index is -1.08. The first-order valence-electron chi connectivity index (χ1n) is 6.37. The van der Waals surface area contributed by atoms with Gasteiger partial charge in [0.15, 0.2) is 0 Å². The van der Waals surface area contributed by atoms with E-state index >= 15 is 0 Å². The van der Waals surface area contributed by atoms with Crippen molar-refractivity contribution in [2.75, 3.05) is 4.90 Å². The van der Waals surface area contributed by atoms with Gasteiger partial charge in [0.1, 0.15) is 11.8 Å². The van der Waals surface area contributed by atoms with Crippen LogP contribution in [0.3, 0.4) is 0 Å². The van der Waals surface area contributed by atoms with E-state index in [1.54, 1.807) is 24.3 Å². The summed E-state index contributed by atoms with van der Waals surface area (Å²) in [6.45, 7) is 0. The molecule has 2 N–H and O–H groups in total. The molecule has 1 aromatic carbocycles. The predicted octanol–water partition coefficient (Wildman–Crippen LogP) is 1.44. The molecule has 1 amide bonds. The van der Waals surface area contributed by atoms with Gasteiger partial charge in [0.05, 0.1) is 11.8 Å². The zero-order chi connectivity index (χ0) is 15.0. The molecule has 1 atom stereocenters. The third-order valence-electron chi connectivity index (χ3n) is 3.51. The van der Waals surface area contributed by atoms with E-state index in [4.69, 9.17) is 0 Å². The Labute approximate surface area is 120 Å². The highest BCUT2D eigenvalue weighted by Gasteiger charge is 2.39. The molecule has 0 unspecified atom stereocenters. The average molecular weight is 284 g/mol. The lowest BCUT2D eigenvalue weighted by Crippen LogP contribution is -2.42. The molecule has 21 heavy (non-hydrogen) atoms. The van der Waals surface area contributed by atoms with E-state index in [9.17, 15) is 19.8 Å². The van der Waals surface area contributed by atoms with Gasteiger partial charge in [-0.05, 0) is 17.7 Å². The minimum Gasteiger partial charge on any atom is -0.505 e. The van der Waals surface area contributed by atoms with Crippen LogP contribution >= 0.6 is 0 Å². The summed E-state index contributed by atoms with van der Waals surface area (Å²) in [5, 5.41) is 19.1. The van der Waals surface area contributed by atoms with E-state index in [1.165, 1.54) is 17.2 Å². The number of rotatable bonds is 2. The van der Waals surface area contributed by atoms with Gasteiger partial charge < -0.3 is 10.2 Å². The molecule has 1 aliphatic heterocycles. The number of nitrogens with zero attached hydrogens (tertiary/aromatic N) is 2. The van der Waals surface area contributed by atoms with Crippen molar-refractivity contribution >= 4 is 17.6 Å². The monoisotopic (exact) mass is 284 g/mol. The maximum atomic E-state index is 12.6. The number of aromatic hydroxyl groups is 1. The van der Waals surface area contributed by atoms with Gasteiger partial charge in [-0.3, -0.25) is 14.7 Å². The third kappa shape index (κ3) is 2.10. The largest absolute Gasteiger partial charge is 0.505 e. The van der Waals surface area contributed by atoms with E-state index in [0.717, 1.165) is 11.8 Å². The number of aromatic nitrogens is 1. The van der Waals surface area contributed by atoms with Crippen LogP contribution in [0.15, 0.2) is 42.7 Å². The maximum absolute atomic E-state index is 12.6. The topological polar surface area (TPSA) is 90.7 Å². The number of para-hydroxylation sites is 1. The molecule has 0 aliphatic carbocycles. The summed E-state index contributed by atoms with van der Waals surface area (Å²) < 4.78 is 0. The van der Waals surface area contributed by atoms with Gasteiger partial charge in [-0.15, -0.1) is 0 Å². The molecular formula is C15H12N2O4. The third-order valence-corrected chi connectivity index (χ3v) is 3.51. The zero-order valence-electron chi connectivity index (χ0n) is 10.9. The number of carbonyl (C=O) groups is 2. The summed E-state index contributed by atoms with van der Waals surface area (Å²) in [6.07, 6.45) is 2.79. The van der Waals surface area contributed by atoms with Crippen LogP contribution in [-0.4, -0.2) is 33.1 Å². The molecule has 6 nitrogen and oxygen atoms in total. The highest BCUT2D eigenvalue weighted by Crippen LogP contribution is 2.34. The summed E-state index contributed by atoms with van der Waals surface area (Å²) in [5.74, 6) is -1.89. The van der Waals surface area contributed by atoms with Crippen molar-refractivity contribution in [2.24, 2.45) is 0 Å². The normalized spacial score (nSPS) is 16.6. The Morgan fingerprint density at radius 2 is 2.00 bits per heavy atom. The number of carboxylic acids is 1. The summed E-state index contributed by atoms with van der Waals surface area (Å²) >= 11 is 0. The Morgan fingerprint density at radius 1 is 1.24 bits per heavy atom. The number of fused-ring (bicyclic) bond motifs is 1. The summed E-state index contributed by atoms with van der Waals surface area (Å²) in [4.78, 5) is 29.0. The average Bonchev–Trinajstić information content (AvgIpc) is 2.86. The molecular weight excluding hydrogens is 272 g/mol. The molecule has 3 rings (SSSR count). The number of carboxylic acid groups (broad SMARTS) is 1. The van der Waals surface area contributed by atoms with Gasteiger partial charge in [-0.1, -0.05) is 18.2 Å². The molecule has 6 heteroatoms. The number of pyridine rings is 1. The van der Waals surface area contributed by atoms with Crippen LogP contribution in [-0.2, 0) is 11.2 Å². The first kappa shape index (κ1) is 13.1. The number of carbonyl (C=O) groups excluding carboxylic acids is 1. The summed E-state index contributed by atoms with van der Waals surface area (Å²) in [7, 11) is 0. The quantitative estimate of drug-likeness (QED) is 0.870. The van der Waals surface area contributed by atoms with Crippen LogP contribution in [0.5, 0.6) is 5.75 Å². The molecule has 0 bridgehead atoms. The van der Waals surface area contributed by atoms with Crippen LogP contribution < -0.4 is 4.90 Å². The second kappa shape index (κ2) is 4.90. The van der Waals surface area contributed by atoms with Gasteiger partial charge in [0, 0.05) is 18.3 Å². The number of anilines is 1. The lowest BCUT2D eigenvalue weighted by atomic mass is 10.1. The maximum Gasteiger partial charge on any atom is 0.327 e. The highest BCUT2D eigenvalue weighted by atomic mass is 16.4. The summed E-state index contributed by atoms with van der Waals surface area (Å²) in [6, 6.07) is 7.45. The Bertz CT molecular complexity index is 729. The molecule has 0 saturated carbocycles. The number of aliphatic carboxylic acids is 1. The van der Waals surface area contributed by atoms with Crippen LogP contribution in [0, 0.1) is 0 Å². The SMILES string of the molecule is O=C(O)[C@@H]1Cc2ccccc2N1C(=O)c1ccncc1O. The van der Waals surface area contributed by atoms with E-state index in [-0.39, 0.29) is 17.7 Å². The van der Waals surface area contributed by atoms with E-state index < -0.39 is 17.9 Å². The van der Waals surface area contributed by atoms with Crippen molar-refractivity contribution < 1.29 is 19.8 Å². The Balaban J connectivity index is 2.08. The van der Waals surface area contributed by atoms with Gasteiger partial charge >= 0.3 is 5.97 Å². The first-order valence-corrected chi connectivity index (χ1v) is 6.37. The molecule has 1 aliphatic rings. The van der Waals surface area contributed by atoms with Crippen LogP contribution in [0.2, 0.25) is 0 Å². The van der Waals surface area contributed by atoms with Crippen molar-refractivity contribution in [1.82, 2.24) is 4.98 Å². The molecule has 2 heterocycles. The molecule has 0 radical (unpaired) electrons. The van der Waals surface area contributed by atoms with Crippen molar-refractivity contribution in [3.8, 4) is 5.75 Å². The van der Waals surface area contributed by atoms with Crippen LogP contribution in [0.1, 0.15) is 15.9 Å². The van der Waals surface area contributed by atoms with Crippen LogP contribution in [0.25, 0.3) is 0 Å². The fourth-order valence-electron chi connectivity index (χ4n) is 2.53. The molecule has 0 fully saturated rings. The number of amides is 1. The summed E-state index contributed by atoms with van der Waals surface area (Å²) in [5.41, 5.74) is 1.39.